The maximum atomic E-state index is 6.20. The minimum Gasteiger partial charge on any atom is -0.490 e. The molecule has 162 valence electrons. The molecule has 2 N–H and O–H groups in total. The first-order valence-electron chi connectivity index (χ1n) is 10.5. The van der Waals surface area contributed by atoms with Crippen LogP contribution in [0.5, 0.6) is 11.5 Å². The highest BCUT2D eigenvalue weighted by atomic mass is 35.5. The van der Waals surface area contributed by atoms with Gasteiger partial charge in [-0.25, -0.2) is 0 Å². The van der Waals surface area contributed by atoms with E-state index < -0.39 is 0 Å². The summed E-state index contributed by atoms with van der Waals surface area (Å²) in [6.45, 7) is 4.74. The zero-order valence-corrected chi connectivity index (χ0v) is 18.6. The Morgan fingerprint density at radius 3 is 2.48 bits per heavy atom. The highest BCUT2D eigenvalue weighted by Crippen LogP contribution is 2.32. The molecule has 3 aromatic carbocycles. The molecule has 0 spiro atoms. The normalized spacial score (nSPS) is 10.6. The Bertz CT molecular complexity index is 1080. The van der Waals surface area contributed by atoms with Crippen molar-refractivity contribution in [2.75, 3.05) is 13.2 Å². The van der Waals surface area contributed by atoms with Crippen LogP contribution in [0.2, 0.25) is 0 Å². The van der Waals surface area contributed by atoms with Crippen molar-refractivity contribution in [3.05, 3.63) is 95.7 Å². The molecule has 0 radical (unpaired) electrons. The van der Waals surface area contributed by atoms with Crippen LogP contribution < -0.4 is 14.8 Å². The largest absolute Gasteiger partial charge is 0.490 e. The fourth-order valence-corrected chi connectivity index (χ4v) is 3.65. The molecule has 31 heavy (non-hydrogen) atoms. The number of H-pyrrole nitrogens is 1. The number of fused-ring (bicyclic) bond motifs is 1. The molecule has 0 atom stereocenters. The number of aromatic amines is 1. The third-order valence-electron chi connectivity index (χ3n) is 5.15. The number of halogens is 1. The molecule has 0 bridgehead atoms. The fraction of sp³-hybridized carbons (Fsp3) is 0.231. The fourth-order valence-electron chi connectivity index (χ4n) is 3.65. The van der Waals surface area contributed by atoms with Crippen LogP contribution in [-0.4, -0.2) is 18.1 Å². The van der Waals surface area contributed by atoms with Crippen LogP contribution in [-0.2, 0) is 19.6 Å². The van der Waals surface area contributed by atoms with Gasteiger partial charge in [-0.3, -0.25) is 0 Å². The van der Waals surface area contributed by atoms with Crippen molar-refractivity contribution in [2.24, 2.45) is 0 Å². The van der Waals surface area contributed by atoms with Crippen molar-refractivity contribution in [3.63, 3.8) is 0 Å². The van der Waals surface area contributed by atoms with E-state index >= 15 is 0 Å². The quantitative estimate of drug-likeness (QED) is 0.304. The number of rotatable bonds is 10. The van der Waals surface area contributed by atoms with Gasteiger partial charge in [0.25, 0.3) is 0 Å². The van der Waals surface area contributed by atoms with E-state index in [2.05, 4.69) is 59.0 Å². The van der Waals surface area contributed by atoms with Crippen LogP contribution in [0.15, 0.2) is 79.0 Å². The van der Waals surface area contributed by atoms with Gasteiger partial charge in [-0.1, -0.05) is 60.7 Å². The highest BCUT2D eigenvalue weighted by molar-refractivity contribution is 5.85. The van der Waals surface area contributed by atoms with Crippen molar-refractivity contribution >= 4 is 23.3 Å². The third kappa shape index (κ3) is 5.81. The lowest BCUT2D eigenvalue weighted by Crippen LogP contribution is -2.17. The number of nitrogens with one attached hydrogen (secondary N) is 2. The van der Waals surface area contributed by atoms with Crippen LogP contribution in [0, 0.1) is 0 Å². The molecule has 0 saturated carbocycles. The van der Waals surface area contributed by atoms with Crippen LogP contribution in [0.4, 0.5) is 0 Å². The van der Waals surface area contributed by atoms with Crippen molar-refractivity contribution in [1.29, 1.82) is 0 Å². The second kappa shape index (κ2) is 11.4. The Kier molecular flexibility index (Phi) is 8.39. The summed E-state index contributed by atoms with van der Waals surface area (Å²) in [5.74, 6) is 1.62. The molecule has 4 rings (SSSR count). The predicted octanol–water partition coefficient (Wildman–Crippen LogP) is 5.90. The average Bonchev–Trinajstić information content (AvgIpc) is 3.20. The second-order valence-electron chi connectivity index (χ2n) is 7.24. The van der Waals surface area contributed by atoms with E-state index in [1.165, 1.54) is 16.5 Å². The minimum absolute atomic E-state index is 0. The standard InChI is InChI=1S/C26H28N2O2.ClH/c1-2-29-25-14-8-11-22(26(25)30-19-20-9-4-3-5-10-20)17-27-16-15-21-18-28-24-13-7-6-12-23(21)24;/h3-14,18,27-28H,2,15-17,19H2,1H3;1H. The Hall–Kier alpha value is -2.95. The van der Waals surface area contributed by atoms with E-state index in [-0.39, 0.29) is 12.4 Å². The van der Waals surface area contributed by atoms with Gasteiger partial charge in [0.15, 0.2) is 11.5 Å². The first-order chi connectivity index (χ1) is 14.8. The molecule has 1 heterocycles. The van der Waals surface area contributed by atoms with E-state index in [1.54, 1.807) is 0 Å². The van der Waals surface area contributed by atoms with Gasteiger partial charge >= 0.3 is 0 Å². The molecule has 4 nitrogen and oxygen atoms in total. The number of aromatic nitrogens is 1. The molecule has 4 aromatic rings. The summed E-state index contributed by atoms with van der Waals surface area (Å²) in [5, 5.41) is 4.86. The van der Waals surface area contributed by atoms with Gasteiger partial charge < -0.3 is 19.8 Å². The summed E-state index contributed by atoms with van der Waals surface area (Å²) in [6.07, 6.45) is 3.08. The molecule has 1 aromatic heterocycles. The van der Waals surface area contributed by atoms with Gasteiger partial charge in [0, 0.05) is 29.2 Å². The molecule has 0 amide bonds. The first-order valence-corrected chi connectivity index (χ1v) is 10.5. The molecule has 5 heteroatoms. The summed E-state index contributed by atoms with van der Waals surface area (Å²) >= 11 is 0. The van der Waals surface area contributed by atoms with Crippen molar-refractivity contribution in [2.45, 2.75) is 26.5 Å². The maximum absolute atomic E-state index is 6.20. The third-order valence-corrected chi connectivity index (χ3v) is 5.15. The zero-order chi connectivity index (χ0) is 20.6. The summed E-state index contributed by atoms with van der Waals surface area (Å²) in [6, 6.07) is 24.7. The average molecular weight is 437 g/mol. The van der Waals surface area contributed by atoms with Crippen molar-refractivity contribution in [1.82, 2.24) is 10.3 Å². The van der Waals surface area contributed by atoms with E-state index in [4.69, 9.17) is 9.47 Å². The van der Waals surface area contributed by atoms with Gasteiger partial charge in [-0.05, 0) is 43.1 Å². The second-order valence-corrected chi connectivity index (χ2v) is 7.24. The van der Waals surface area contributed by atoms with Crippen LogP contribution in [0.25, 0.3) is 10.9 Å². The summed E-state index contributed by atoms with van der Waals surface area (Å²) < 4.78 is 12.0. The summed E-state index contributed by atoms with van der Waals surface area (Å²) in [4.78, 5) is 3.35. The maximum Gasteiger partial charge on any atom is 0.166 e. The Morgan fingerprint density at radius 1 is 0.839 bits per heavy atom. The van der Waals surface area contributed by atoms with Crippen LogP contribution in [0.3, 0.4) is 0 Å². The number of hydrogen-bond donors (Lipinski definition) is 2. The zero-order valence-electron chi connectivity index (χ0n) is 17.8. The van der Waals surface area contributed by atoms with E-state index in [9.17, 15) is 0 Å². The Labute approximate surface area is 190 Å². The van der Waals surface area contributed by atoms with Crippen molar-refractivity contribution in [3.8, 4) is 11.5 Å². The molecule has 0 aliphatic carbocycles. The first kappa shape index (κ1) is 22.7. The number of ether oxygens (including phenoxy) is 2. The van der Waals surface area contributed by atoms with E-state index in [0.29, 0.717) is 13.2 Å². The molecule has 0 fully saturated rings. The number of hydrogen-bond acceptors (Lipinski definition) is 3. The Balaban J connectivity index is 0.00000272. The smallest absolute Gasteiger partial charge is 0.166 e. The van der Waals surface area contributed by atoms with Gasteiger partial charge in [0.1, 0.15) is 6.61 Å². The molecule has 0 aliphatic rings. The molecule has 0 saturated heterocycles. The summed E-state index contributed by atoms with van der Waals surface area (Å²) in [7, 11) is 0. The van der Waals surface area contributed by atoms with Gasteiger partial charge in [0.05, 0.1) is 6.61 Å². The minimum atomic E-state index is 0. The molecular weight excluding hydrogens is 408 g/mol. The van der Waals surface area contributed by atoms with Crippen LogP contribution >= 0.6 is 12.4 Å². The van der Waals surface area contributed by atoms with Gasteiger partial charge in [0.2, 0.25) is 0 Å². The number of benzene rings is 3. The molecular formula is C26H29ClN2O2. The predicted molar refractivity (Wildman–Crippen MR) is 129 cm³/mol. The SMILES string of the molecule is CCOc1cccc(CNCCc2c[nH]c3ccccc23)c1OCc1ccccc1.Cl. The monoisotopic (exact) mass is 436 g/mol. The number of para-hydroxylation sites is 2. The lowest BCUT2D eigenvalue weighted by atomic mass is 10.1. The van der Waals surface area contributed by atoms with E-state index in [0.717, 1.165) is 42.1 Å². The topological polar surface area (TPSA) is 46.3 Å². The van der Waals surface area contributed by atoms with E-state index in [1.807, 2.05) is 37.3 Å². The lowest BCUT2D eigenvalue weighted by molar-refractivity contribution is 0.266. The van der Waals surface area contributed by atoms with Gasteiger partial charge in [-0.15, -0.1) is 12.4 Å². The highest BCUT2D eigenvalue weighted by Gasteiger charge is 2.11. The summed E-state index contributed by atoms with van der Waals surface area (Å²) in [5.41, 5.74) is 4.77. The Morgan fingerprint density at radius 2 is 1.65 bits per heavy atom. The van der Waals surface area contributed by atoms with Gasteiger partial charge in [-0.2, -0.15) is 0 Å². The molecule has 0 aliphatic heterocycles. The lowest BCUT2D eigenvalue weighted by Gasteiger charge is -2.16. The van der Waals surface area contributed by atoms with Crippen molar-refractivity contribution < 1.29 is 9.47 Å². The molecule has 0 unspecified atom stereocenters. The van der Waals surface area contributed by atoms with Crippen LogP contribution in [0.1, 0.15) is 23.6 Å².